The van der Waals surface area contributed by atoms with Gasteiger partial charge in [-0.3, -0.25) is 0 Å². The van der Waals surface area contributed by atoms with Crippen molar-refractivity contribution in [1.82, 2.24) is 0 Å². The summed E-state index contributed by atoms with van der Waals surface area (Å²) < 4.78 is 13.7. The van der Waals surface area contributed by atoms with Gasteiger partial charge < -0.3 is 8.83 Å². The van der Waals surface area contributed by atoms with Crippen molar-refractivity contribution >= 4 is 54.5 Å². The Morgan fingerprint density at radius 3 is 1.48 bits per heavy atom. The Hall–Kier alpha value is -6.38. The summed E-state index contributed by atoms with van der Waals surface area (Å²) in [7, 11) is 0. The molecule has 2 heteroatoms. The summed E-state index contributed by atoms with van der Waals surface area (Å²) in [4.78, 5) is 0. The van der Waals surface area contributed by atoms with E-state index in [-0.39, 0.29) is 0 Å². The van der Waals surface area contributed by atoms with Crippen molar-refractivity contribution in [1.29, 1.82) is 0 Å². The summed E-state index contributed by atoms with van der Waals surface area (Å²) in [6.07, 6.45) is 0. The Morgan fingerprint density at radius 1 is 0.292 bits per heavy atom. The van der Waals surface area contributed by atoms with Gasteiger partial charge in [0.25, 0.3) is 0 Å². The van der Waals surface area contributed by atoms with E-state index in [0.717, 1.165) is 66.1 Å². The molecule has 10 rings (SSSR count). The van der Waals surface area contributed by atoms with Gasteiger partial charge in [0.2, 0.25) is 0 Å². The number of benzene rings is 8. The average molecular weight is 613 g/mol. The maximum absolute atomic E-state index is 7.04. The Balaban J connectivity index is 1.37. The SMILES string of the molecule is c1ccc(-c2ccccc2-c2c3ccccc3c(-c3oc4ccc5c6ccccc6oc5c4c3-c3ccccc3)c3ccccc23)cc1. The normalized spacial score (nSPS) is 11.8. The molecule has 2 nitrogen and oxygen atoms in total. The predicted octanol–water partition coefficient (Wildman–Crippen LogP) is 13.3. The first-order valence-electron chi connectivity index (χ1n) is 16.4. The Bertz CT molecular complexity index is 2760. The molecule has 8 aromatic carbocycles. The van der Waals surface area contributed by atoms with E-state index in [0.29, 0.717) is 0 Å². The van der Waals surface area contributed by atoms with Gasteiger partial charge in [0, 0.05) is 21.9 Å². The van der Waals surface area contributed by atoms with Gasteiger partial charge in [0.1, 0.15) is 22.5 Å². The van der Waals surface area contributed by atoms with E-state index in [1.54, 1.807) is 0 Å². The van der Waals surface area contributed by atoms with Crippen molar-refractivity contribution in [3.63, 3.8) is 0 Å². The lowest BCUT2D eigenvalue weighted by atomic mass is 9.84. The van der Waals surface area contributed by atoms with E-state index in [1.807, 2.05) is 12.1 Å². The zero-order chi connectivity index (χ0) is 31.6. The van der Waals surface area contributed by atoms with Crippen molar-refractivity contribution in [3.8, 4) is 44.7 Å². The zero-order valence-electron chi connectivity index (χ0n) is 26.0. The second-order valence-electron chi connectivity index (χ2n) is 12.3. The van der Waals surface area contributed by atoms with Gasteiger partial charge >= 0.3 is 0 Å². The highest BCUT2D eigenvalue weighted by Crippen LogP contribution is 2.51. The van der Waals surface area contributed by atoms with Gasteiger partial charge in [-0.2, -0.15) is 0 Å². The summed E-state index contributed by atoms with van der Waals surface area (Å²) in [6.45, 7) is 0. The Labute approximate surface area is 277 Å². The number of rotatable bonds is 4. The molecule has 2 heterocycles. The third kappa shape index (κ3) is 3.93. The molecule has 0 saturated carbocycles. The highest BCUT2D eigenvalue weighted by atomic mass is 16.3. The third-order valence-electron chi connectivity index (χ3n) is 9.70. The van der Waals surface area contributed by atoms with Gasteiger partial charge in [-0.25, -0.2) is 0 Å². The second-order valence-corrected chi connectivity index (χ2v) is 12.3. The van der Waals surface area contributed by atoms with Crippen molar-refractivity contribution in [2.45, 2.75) is 0 Å². The molecule has 0 aliphatic heterocycles. The average Bonchev–Trinajstić information content (AvgIpc) is 3.73. The number of hydrogen-bond acceptors (Lipinski definition) is 2. The first kappa shape index (κ1) is 26.8. The molecule has 10 aromatic rings. The maximum Gasteiger partial charge on any atom is 0.147 e. The van der Waals surface area contributed by atoms with Crippen molar-refractivity contribution < 1.29 is 8.83 Å². The van der Waals surface area contributed by atoms with Crippen LogP contribution in [-0.4, -0.2) is 0 Å². The van der Waals surface area contributed by atoms with E-state index in [2.05, 4.69) is 158 Å². The topological polar surface area (TPSA) is 26.3 Å². The van der Waals surface area contributed by atoms with E-state index >= 15 is 0 Å². The van der Waals surface area contributed by atoms with Gasteiger partial charge in [-0.1, -0.05) is 152 Å². The lowest BCUT2D eigenvalue weighted by Crippen LogP contribution is -1.93. The smallest absolute Gasteiger partial charge is 0.147 e. The van der Waals surface area contributed by atoms with Crippen LogP contribution in [0.15, 0.2) is 179 Å². The first-order valence-corrected chi connectivity index (χ1v) is 16.4. The largest absolute Gasteiger partial charge is 0.455 e. The highest BCUT2D eigenvalue weighted by Gasteiger charge is 2.27. The number of para-hydroxylation sites is 1. The van der Waals surface area contributed by atoms with Gasteiger partial charge in [0.15, 0.2) is 0 Å². The monoisotopic (exact) mass is 612 g/mol. The minimum atomic E-state index is 0.807. The number of fused-ring (bicyclic) bond motifs is 7. The van der Waals surface area contributed by atoms with E-state index < -0.39 is 0 Å². The quantitative estimate of drug-likeness (QED) is 0.185. The molecule has 0 fully saturated rings. The standard InChI is InChI=1S/C46H28O2/c1-3-15-29(16-4-1)31-19-7-8-21-33(31)42-34-22-9-11-24-36(34)43(37-25-12-10-23-35(37)42)46-41(30-17-5-2-6-18-30)44-40(48-46)28-27-38-32-20-13-14-26-39(32)47-45(38)44/h1-28H. The highest BCUT2D eigenvalue weighted by molar-refractivity contribution is 6.26. The van der Waals surface area contributed by atoms with Gasteiger partial charge in [-0.05, 0) is 67.6 Å². The molecule has 2 aromatic heterocycles. The van der Waals surface area contributed by atoms with Gasteiger partial charge in [-0.15, -0.1) is 0 Å². The molecule has 0 spiro atoms. The molecular weight excluding hydrogens is 585 g/mol. The Kier molecular flexibility index (Phi) is 5.91. The zero-order valence-corrected chi connectivity index (χ0v) is 26.0. The lowest BCUT2D eigenvalue weighted by Gasteiger charge is -2.19. The Morgan fingerprint density at radius 2 is 0.812 bits per heavy atom. The fourth-order valence-corrected chi connectivity index (χ4v) is 7.66. The van der Waals surface area contributed by atoms with Crippen LogP contribution in [0.25, 0.3) is 99.2 Å². The maximum atomic E-state index is 7.04. The van der Waals surface area contributed by atoms with Crippen LogP contribution in [0.2, 0.25) is 0 Å². The molecule has 0 aliphatic rings. The van der Waals surface area contributed by atoms with Gasteiger partial charge in [0.05, 0.1) is 5.39 Å². The molecular formula is C46H28O2. The molecule has 0 amide bonds. The predicted molar refractivity (Wildman–Crippen MR) is 200 cm³/mol. The van der Waals surface area contributed by atoms with Crippen molar-refractivity contribution in [2.24, 2.45) is 0 Å². The summed E-state index contributed by atoms with van der Waals surface area (Å²) in [6, 6.07) is 60.1. The van der Waals surface area contributed by atoms with Crippen LogP contribution in [0.4, 0.5) is 0 Å². The van der Waals surface area contributed by atoms with E-state index in [9.17, 15) is 0 Å². The molecule has 0 aliphatic carbocycles. The van der Waals surface area contributed by atoms with Crippen LogP contribution in [0, 0.1) is 0 Å². The molecule has 0 radical (unpaired) electrons. The van der Waals surface area contributed by atoms with E-state index in [1.165, 1.54) is 33.0 Å². The third-order valence-corrected chi connectivity index (χ3v) is 9.70. The van der Waals surface area contributed by atoms with Crippen molar-refractivity contribution in [2.75, 3.05) is 0 Å². The molecule has 0 N–H and O–H groups in total. The molecule has 0 bridgehead atoms. The first-order chi connectivity index (χ1) is 23.8. The van der Waals surface area contributed by atoms with Crippen LogP contribution in [-0.2, 0) is 0 Å². The number of furan rings is 2. The summed E-state index contributed by atoms with van der Waals surface area (Å²) in [5, 5.41) is 7.85. The minimum Gasteiger partial charge on any atom is -0.455 e. The van der Waals surface area contributed by atoms with Crippen LogP contribution in [0.1, 0.15) is 0 Å². The summed E-state index contributed by atoms with van der Waals surface area (Å²) in [5.41, 5.74) is 10.6. The molecule has 0 unspecified atom stereocenters. The second kappa shape index (κ2) is 10.6. The van der Waals surface area contributed by atoms with Crippen LogP contribution in [0.3, 0.4) is 0 Å². The summed E-state index contributed by atoms with van der Waals surface area (Å²) in [5.74, 6) is 0.847. The van der Waals surface area contributed by atoms with Crippen LogP contribution >= 0.6 is 0 Å². The molecule has 0 atom stereocenters. The van der Waals surface area contributed by atoms with Crippen LogP contribution in [0.5, 0.6) is 0 Å². The van der Waals surface area contributed by atoms with E-state index in [4.69, 9.17) is 8.83 Å². The van der Waals surface area contributed by atoms with Crippen LogP contribution < -0.4 is 0 Å². The lowest BCUT2D eigenvalue weighted by molar-refractivity contribution is 0.633. The fraction of sp³-hybridized carbons (Fsp3) is 0. The summed E-state index contributed by atoms with van der Waals surface area (Å²) >= 11 is 0. The molecule has 0 saturated heterocycles. The fourth-order valence-electron chi connectivity index (χ4n) is 7.66. The number of hydrogen-bond donors (Lipinski definition) is 0. The molecule has 48 heavy (non-hydrogen) atoms. The molecule has 224 valence electrons. The minimum absolute atomic E-state index is 0.807. The van der Waals surface area contributed by atoms with Crippen molar-refractivity contribution in [3.05, 3.63) is 170 Å².